The quantitative estimate of drug-likeness (QED) is 0.305. The Morgan fingerprint density at radius 1 is 1.02 bits per heavy atom. The van der Waals surface area contributed by atoms with Crippen LogP contribution in [0.4, 0.5) is 4.79 Å². The molecule has 42 heavy (non-hydrogen) atoms. The first-order valence-electron chi connectivity index (χ1n) is 16.8. The van der Waals surface area contributed by atoms with Gasteiger partial charge in [-0.15, -0.1) is 0 Å². The Balaban J connectivity index is 1.16. The van der Waals surface area contributed by atoms with Crippen LogP contribution in [-0.4, -0.2) is 83.1 Å². The average molecular weight is 585 g/mol. The predicted octanol–water partition coefficient (Wildman–Crippen LogP) is 5.68. The highest BCUT2D eigenvalue weighted by molar-refractivity contribution is 5.68. The fraction of sp³-hybridized carbons (Fsp3) is 0.765. The van der Waals surface area contributed by atoms with Crippen molar-refractivity contribution in [1.29, 1.82) is 0 Å². The molecule has 2 saturated heterocycles. The molecule has 0 radical (unpaired) electrons. The number of benzene rings is 1. The zero-order valence-electron chi connectivity index (χ0n) is 25.6. The van der Waals surface area contributed by atoms with Gasteiger partial charge in [0.1, 0.15) is 11.9 Å². The molecule has 5 atom stereocenters. The summed E-state index contributed by atoms with van der Waals surface area (Å²) in [4.78, 5) is 28.9. The molecule has 1 saturated carbocycles. The number of aliphatic hydroxyl groups is 1. The number of carboxylic acids is 1. The third-order valence-corrected chi connectivity index (χ3v) is 10.5. The van der Waals surface area contributed by atoms with Gasteiger partial charge in [0.15, 0.2) is 6.61 Å². The van der Waals surface area contributed by atoms with Crippen molar-refractivity contribution in [3.63, 3.8) is 0 Å². The van der Waals surface area contributed by atoms with Crippen molar-refractivity contribution in [2.45, 2.75) is 115 Å². The molecular formula is C34H52N2O6. The number of carbonyl (C=O) groups excluding carboxylic acids is 1. The van der Waals surface area contributed by atoms with E-state index in [4.69, 9.17) is 14.6 Å². The van der Waals surface area contributed by atoms with E-state index < -0.39 is 5.97 Å². The number of piperidine rings is 2. The number of carbonyl (C=O) groups is 2. The van der Waals surface area contributed by atoms with E-state index in [0.29, 0.717) is 23.6 Å². The second kappa shape index (κ2) is 14.9. The van der Waals surface area contributed by atoms with Crippen LogP contribution in [0.15, 0.2) is 18.2 Å². The second-order valence-corrected chi connectivity index (χ2v) is 13.3. The van der Waals surface area contributed by atoms with Gasteiger partial charge in [0.2, 0.25) is 0 Å². The molecule has 0 spiro atoms. The lowest BCUT2D eigenvalue weighted by atomic mass is 9.73. The van der Waals surface area contributed by atoms with Crippen LogP contribution < -0.4 is 4.74 Å². The molecular weight excluding hydrogens is 532 g/mol. The lowest BCUT2D eigenvalue weighted by molar-refractivity contribution is -0.139. The molecule has 8 heteroatoms. The van der Waals surface area contributed by atoms with Gasteiger partial charge < -0.3 is 29.5 Å². The lowest BCUT2D eigenvalue weighted by Crippen LogP contribution is -2.48. The summed E-state index contributed by atoms with van der Waals surface area (Å²) in [7, 11) is 0. The standard InChI is InChI=1S/C34H52N2O6/c1-2-3-5-10-27(42-34(40)36-18-14-26(15-19-36)35-16-6-4-7-17-35)12-13-28-29-20-24-9-8-11-32(41-23-33(38)39)30(24)21-25(29)22-31(28)37/h8-9,11,25-29,31,37H,2-7,10,12-23H2,1H3,(H,38,39)/t25-,27-,28+,29-,31+/m0/s1. The van der Waals surface area contributed by atoms with E-state index >= 15 is 0 Å². The maximum atomic E-state index is 13.3. The number of hydrogen-bond donors (Lipinski definition) is 2. The molecule has 5 rings (SSSR count). The van der Waals surface area contributed by atoms with E-state index in [1.807, 2.05) is 17.0 Å². The minimum atomic E-state index is -0.978. The SMILES string of the molecule is CCCCC[C@@H](CC[C@@H]1[C@H]2Cc3cccc(OCC(=O)O)c3C[C@H]2C[C@H]1O)OC(=O)N1CCC(N2CCCCC2)CC1. The van der Waals surface area contributed by atoms with Gasteiger partial charge in [0.05, 0.1) is 6.10 Å². The van der Waals surface area contributed by atoms with Crippen LogP contribution in [0.5, 0.6) is 5.75 Å². The highest BCUT2D eigenvalue weighted by Crippen LogP contribution is 2.48. The van der Waals surface area contributed by atoms with Gasteiger partial charge in [-0.25, -0.2) is 9.59 Å². The van der Waals surface area contributed by atoms with Gasteiger partial charge in [-0.3, -0.25) is 0 Å². The maximum absolute atomic E-state index is 13.3. The van der Waals surface area contributed by atoms with Crippen LogP contribution in [-0.2, 0) is 22.4 Å². The number of nitrogens with zero attached hydrogens (tertiary/aromatic N) is 2. The van der Waals surface area contributed by atoms with Gasteiger partial charge in [-0.05, 0) is 119 Å². The molecule has 1 amide bonds. The average Bonchev–Trinajstić information content (AvgIpc) is 3.31. The highest BCUT2D eigenvalue weighted by atomic mass is 16.6. The first kappa shape index (κ1) is 31.1. The molecule has 4 aliphatic rings. The van der Waals surface area contributed by atoms with Crippen LogP contribution >= 0.6 is 0 Å². The smallest absolute Gasteiger partial charge is 0.410 e. The van der Waals surface area contributed by atoms with Crippen LogP contribution in [0.2, 0.25) is 0 Å². The molecule has 1 aromatic carbocycles. The van der Waals surface area contributed by atoms with Crippen LogP contribution in [0.1, 0.15) is 95.1 Å². The summed E-state index contributed by atoms with van der Waals surface area (Å²) in [6.45, 7) is 5.82. The summed E-state index contributed by atoms with van der Waals surface area (Å²) < 4.78 is 11.8. The number of unbranched alkanes of at least 4 members (excludes halogenated alkanes) is 2. The zero-order valence-corrected chi connectivity index (χ0v) is 25.6. The third-order valence-electron chi connectivity index (χ3n) is 10.5. The van der Waals surface area contributed by atoms with Crippen molar-refractivity contribution in [2.75, 3.05) is 32.8 Å². The summed E-state index contributed by atoms with van der Waals surface area (Å²) in [5, 5.41) is 20.2. The van der Waals surface area contributed by atoms with Crippen molar-refractivity contribution in [1.82, 2.24) is 9.80 Å². The van der Waals surface area contributed by atoms with Gasteiger partial charge in [0, 0.05) is 19.1 Å². The topological polar surface area (TPSA) is 99.5 Å². The number of rotatable bonds is 12. The van der Waals surface area contributed by atoms with Crippen molar-refractivity contribution >= 4 is 12.1 Å². The molecule has 3 fully saturated rings. The number of amides is 1. The Kier molecular flexibility index (Phi) is 11.0. The molecule has 0 aromatic heterocycles. The fourth-order valence-corrected chi connectivity index (χ4v) is 8.26. The minimum absolute atomic E-state index is 0.109. The van der Waals surface area contributed by atoms with Crippen molar-refractivity contribution in [3.05, 3.63) is 29.3 Å². The van der Waals surface area contributed by atoms with Crippen molar-refractivity contribution in [2.24, 2.45) is 17.8 Å². The van der Waals surface area contributed by atoms with Crippen molar-refractivity contribution < 1.29 is 29.3 Å². The van der Waals surface area contributed by atoms with E-state index in [1.165, 1.54) is 37.9 Å². The first-order valence-corrected chi connectivity index (χ1v) is 16.8. The van der Waals surface area contributed by atoms with Gasteiger partial charge in [-0.1, -0.05) is 38.3 Å². The minimum Gasteiger partial charge on any atom is -0.482 e. The molecule has 0 unspecified atom stereocenters. The molecule has 8 nitrogen and oxygen atoms in total. The van der Waals surface area contributed by atoms with E-state index in [9.17, 15) is 14.7 Å². The Morgan fingerprint density at radius 2 is 1.81 bits per heavy atom. The first-order chi connectivity index (χ1) is 20.4. The Labute approximate surface area is 251 Å². The van der Waals surface area contributed by atoms with Crippen LogP contribution in [0.3, 0.4) is 0 Å². The summed E-state index contributed by atoms with van der Waals surface area (Å²) >= 11 is 0. The van der Waals surface area contributed by atoms with Gasteiger partial charge in [0.25, 0.3) is 0 Å². The maximum Gasteiger partial charge on any atom is 0.410 e. The summed E-state index contributed by atoms with van der Waals surface area (Å²) in [5.41, 5.74) is 2.31. The zero-order chi connectivity index (χ0) is 29.5. The number of carboxylic acid groups (broad SMARTS) is 1. The number of aliphatic hydroxyl groups excluding tert-OH is 1. The monoisotopic (exact) mass is 584 g/mol. The van der Waals surface area contributed by atoms with Crippen molar-refractivity contribution in [3.8, 4) is 5.75 Å². The van der Waals surface area contributed by atoms with Gasteiger partial charge >= 0.3 is 12.1 Å². The Bertz CT molecular complexity index is 1030. The van der Waals surface area contributed by atoms with E-state index in [1.54, 1.807) is 0 Å². The van der Waals surface area contributed by atoms with Crippen LogP contribution in [0.25, 0.3) is 0 Å². The number of aliphatic carboxylic acids is 1. The normalized spacial score (nSPS) is 27.2. The summed E-state index contributed by atoms with van der Waals surface area (Å²) in [6, 6.07) is 6.52. The number of hydrogen-bond acceptors (Lipinski definition) is 6. The number of fused-ring (bicyclic) bond motifs is 2. The van der Waals surface area contributed by atoms with Crippen LogP contribution in [0, 0.1) is 17.8 Å². The largest absolute Gasteiger partial charge is 0.482 e. The molecule has 1 aromatic rings. The van der Waals surface area contributed by atoms with E-state index in [-0.39, 0.29) is 30.8 Å². The molecule has 2 N–H and O–H groups in total. The summed E-state index contributed by atoms with van der Waals surface area (Å²) in [6.07, 6.45) is 13.7. The fourth-order valence-electron chi connectivity index (χ4n) is 8.26. The number of likely N-dealkylation sites (tertiary alicyclic amines) is 2. The highest BCUT2D eigenvalue weighted by Gasteiger charge is 2.45. The predicted molar refractivity (Wildman–Crippen MR) is 162 cm³/mol. The molecule has 2 aliphatic carbocycles. The van der Waals surface area contributed by atoms with Gasteiger partial charge in [-0.2, -0.15) is 0 Å². The van der Waals surface area contributed by atoms with E-state index in [2.05, 4.69) is 17.9 Å². The molecule has 2 heterocycles. The third kappa shape index (κ3) is 7.79. The molecule has 234 valence electrons. The Morgan fingerprint density at radius 3 is 2.55 bits per heavy atom. The number of ether oxygens (including phenoxy) is 2. The second-order valence-electron chi connectivity index (χ2n) is 13.3. The van der Waals surface area contributed by atoms with E-state index in [0.717, 1.165) is 89.3 Å². The molecule has 0 bridgehead atoms. The summed E-state index contributed by atoms with van der Waals surface area (Å²) in [5.74, 6) is 0.597. The molecule has 2 aliphatic heterocycles. The Hall–Kier alpha value is -2.32. The lowest BCUT2D eigenvalue weighted by Gasteiger charge is -2.40.